The number of rotatable bonds is 6. The molecule has 0 fully saturated rings. The van der Waals surface area contributed by atoms with Crippen molar-refractivity contribution >= 4 is 17.5 Å². The molecule has 2 amide bonds. The van der Waals surface area contributed by atoms with Crippen LogP contribution in [0.2, 0.25) is 0 Å². The van der Waals surface area contributed by atoms with Crippen LogP contribution in [0.25, 0.3) is 5.65 Å². The highest BCUT2D eigenvalue weighted by Gasteiger charge is 2.18. The van der Waals surface area contributed by atoms with Gasteiger partial charge < -0.3 is 15.8 Å². The molecule has 2 heterocycles. The molecule has 0 radical (unpaired) electrons. The number of benzene rings is 1. The second kappa shape index (κ2) is 7.22. The van der Waals surface area contributed by atoms with Gasteiger partial charge in [0, 0.05) is 6.20 Å². The smallest absolute Gasteiger partial charge is 0.270 e. The Labute approximate surface area is 150 Å². The molecule has 134 valence electrons. The molecule has 0 bridgehead atoms. The number of aromatic nitrogens is 3. The Bertz CT molecular complexity index is 966. The van der Waals surface area contributed by atoms with E-state index in [1.54, 1.807) is 0 Å². The van der Waals surface area contributed by atoms with Crippen LogP contribution in [-0.4, -0.2) is 39.1 Å². The number of nitrogens with two attached hydrogens (primary N) is 1. The average molecular weight is 353 g/mol. The van der Waals surface area contributed by atoms with Gasteiger partial charge in [-0.05, 0) is 37.6 Å². The predicted octanol–water partition coefficient (Wildman–Crippen LogP) is 1.33. The largest absolute Gasteiger partial charge is 0.491 e. The number of hydrogen-bond acceptors (Lipinski definition) is 5. The van der Waals surface area contributed by atoms with E-state index in [4.69, 9.17) is 10.5 Å². The number of fused-ring (bicyclic) bond motifs is 1. The molecule has 26 heavy (non-hydrogen) atoms. The summed E-state index contributed by atoms with van der Waals surface area (Å²) in [6.45, 7) is 4.14. The molecule has 0 saturated heterocycles. The summed E-state index contributed by atoms with van der Waals surface area (Å²) in [5, 5.41) is 6.88. The first-order chi connectivity index (χ1) is 12.5. The minimum Gasteiger partial charge on any atom is -0.491 e. The molecule has 0 aliphatic carbocycles. The van der Waals surface area contributed by atoms with Crippen LogP contribution >= 0.6 is 0 Å². The normalized spacial score (nSPS) is 11.9. The standard InChI is InChI=1S/C18H19N5O3/c1-11-4-3-5-13(8-11)26-10-12(2)22-18(25)15-6-7-20-17-14(16(19)24)9-21-23(15)17/h3-9,12H,10H2,1-2H3,(H2,19,24)(H,22,25). The maximum Gasteiger partial charge on any atom is 0.270 e. The molecule has 0 aliphatic heterocycles. The Morgan fingerprint density at radius 1 is 1.35 bits per heavy atom. The molecule has 3 rings (SSSR count). The summed E-state index contributed by atoms with van der Waals surface area (Å²) in [6.07, 6.45) is 2.73. The first-order valence-corrected chi connectivity index (χ1v) is 8.08. The van der Waals surface area contributed by atoms with Gasteiger partial charge in [-0.3, -0.25) is 9.59 Å². The Kier molecular flexibility index (Phi) is 4.83. The van der Waals surface area contributed by atoms with E-state index < -0.39 is 5.91 Å². The molecule has 8 nitrogen and oxygen atoms in total. The van der Waals surface area contributed by atoms with E-state index in [9.17, 15) is 9.59 Å². The molecule has 1 atom stereocenters. The number of nitrogens with zero attached hydrogens (tertiary/aromatic N) is 3. The minimum atomic E-state index is -0.648. The zero-order valence-corrected chi connectivity index (χ0v) is 14.5. The lowest BCUT2D eigenvalue weighted by Crippen LogP contribution is -2.37. The van der Waals surface area contributed by atoms with Gasteiger partial charge in [-0.1, -0.05) is 12.1 Å². The third-order valence-corrected chi connectivity index (χ3v) is 3.77. The minimum absolute atomic E-state index is 0.162. The molecular weight excluding hydrogens is 334 g/mol. The summed E-state index contributed by atoms with van der Waals surface area (Å²) in [6, 6.07) is 8.97. The topological polar surface area (TPSA) is 112 Å². The lowest BCUT2D eigenvalue weighted by molar-refractivity contribution is 0.0917. The molecular formula is C18H19N5O3. The molecule has 0 aliphatic rings. The van der Waals surface area contributed by atoms with Gasteiger partial charge >= 0.3 is 0 Å². The quantitative estimate of drug-likeness (QED) is 0.694. The highest BCUT2D eigenvalue weighted by molar-refractivity contribution is 5.99. The molecule has 3 aromatic rings. The summed E-state index contributed by atoms with van der Waals surface area (Å²) in [5.74, 6) is -0.252. The zero-order valence-electron chi connectivity index (χ0n) is 14.5. The summed E-state index contributed by atoms with van der Waals surface area (Å²) in [5.41, 5.74) is 7.05. The van der Waals surface area contributed by atoms with Crippen LogP contribution in [0, 0.1) is 6.92 Å². The number of nitrogens with one attached hydrogen (secondary N) is 1. The van der Waals surface area contributed by atoms with Crippen LogP contribution in [-0.2, 0) is 0 Å². The van der Waals surface area contributed by atoms with Crippen molar-refractivity contribution in [1.82, 2.24) is 19.9 Å². The Morgan fingerprint density at radius 2 is 2.15 bits per heavy atom. The van der Waals surface area contributed by atoms with E-state index >= 15 is 0 Å². The summed E-state index contributed by atoms with van der Waals surface area (Å²) in [4.78, 5) is 28.0. The molecule has 3 N–H and O–H groups in total. The third kappa shape index (κ3) is 3.64. The van der Waals surface area contributed by atoms with Crippen LogP contribution in [0.15, 0.2) is 42.7 Å². The SMILES string of the molecule is Cc1cccc(OCC(C)NC(=O)c2ccnc3c(C(N)=O)cnn23)c1. The number of hydrogen-bond donors (Lipinski definition) is 2. The number of primary amides is 1. The summed E-state index contributed by atoms with van der Waals surface area (Å²) < 4.78 is 6.99. The maximum absolute atomic E-state index is 12.5. The zero-order chi connectivity index (χ0) is 18.7. The van der Waals surface area contributed by atoms with Gasteiger partial charge in [-0.25, -0.2) is 9.50 Å². The highest BCUT2D eigenvalue weighted by Crippen LogP contribution is 2.13. The van der Waals surface area contributed by atoms with Gasteiger partial charge in [0.2, 0.25) is 0 Å². The van der Waals surface area contributed by atoms with E-state index in [-0.39, 0.29) is 28.9 Å². The van der Waals surface area contributed by atoms with E-state index in [0.717, 1.165) is 11.3 Å². The second-order valence-corrected chi connectivity index (χ2v) is 5.99. The predicted molar refractivity (Wildman–Crippen MR) is 95.1 cm³/mol. The van der Waals surface area contributed by atoms with Crippen molar-refractivity contribution in [2.75, 3.05) is 6.61 Å². The Balaban J connectivity index is 1.69. The number of carbonyl (C=O) groups is 2. The van der Waals surface area contributed by atoms with Gasteiger partial charge in [0.1, 0.15) is 23.6 Å². The van der Waals surface area contributed by atoms with Crippen LogP contribution in [0.5, 0.6) is 5.75 Å². The van der Waals surface area contributed by atoms with Crippen LogP contribution in [0.4, 0.5) is 0 Å². The number of carbonyl (C=O) groups excluding carboxylic acids is 2. The van der Waals surface area contributed by atoms with Crippen molar-refractivity contribution in [3.63, 3.8) is 0 Å². The fourth-order valence-corrected chi connectivity index (χ4v) is 2.50. The van der Waals surface area contributed by atoms with Crippen molar-refractivity contribution in [2.24, 2.45) is 5.73 Å². The van der Waals surface area contributed by atoms with Crippen LogP contribution in [0.1, 0.15) is 33.3 Å². The number of aryl methyl sites for hydroxylation is 1. The Morgan fingerprint density at radius 3 is 2.88 bits per heavy atom. The van der Waals surface area contributed by atoms with Gasteiger partial charge in [0.05, 0.1) is 12.2 Å². The lowest BCUT2D eigenvalue weighted by Gasteiger charge is -2.15. The monoisotopic (exact) mass is 353 g/mol. The number of ether oxygens (including phenoxy) is 1. The van der Waals surface area contributed by atoms with Crippen molar-refractivity contribution in [2.45, 2.75) is 19.9 Å². The van der Waals surface area contributed by atoms with E-state index in [2.05, 4.69) is 15.4 Å². The Hall–Kier alpha value is -3.42. The van der Waals surface area contributed by atoms with E-state index in [1.807, 2.05) is 38.1 Å². The fourth-order valence-electron chi connectivity index (χ4n) is 2.50. The van der Waals surface area contributed by atoms with Gasteiger partial charge in [-0.15, -0.1) is 0 Å². The number of amides is 2. The molecule has 2 aromatic heterocycles. The summed E-state index contributed by atoms with van der Waals surface area (Å²) in [7, 11) is 0. The van der Waals surface area contributed by atoms with Crippen molar-refractivity contribution in [1.29, 1.82) is 0 Å². The van der Waals surface area contributed by atoms with Crippen LogP contribution < -0.4 is 15.8 Å². The van der Waals surface area contributed by atoms with Gasteiger partial charge in [0.15, 0.2) is 5.65 Å². The van der Waals surface area contributed by atoms with Gasteiger partial charge in [0.25, 0.3) is 11.8 Å². The summed E-state index contributed by atoms with van der Waals surface area (Å²) >= 11 is 0. The molecule has 1 unspecified atom stereocenters. The third-order valence-electron chi connectivity index (χ3n) is 3.77. The van der Waals surface area contributed by atoms with Crippen molar-refractivity contribution in [3.8, 4) is 5.75 Å². The molecule has 1 aromatic carbocycles. The molecule has 8 heteroatoms. The fraction of sp³-hybridized carbons (Fsp3) is 0.222. The van der Waals surface area contributed by atoms with E-state index in [1.165, 1.54) is 23.0 Å². The van der Waals surface area contributed by atoms with Crippen molar-refractivity contribution < 1.29 is 14.3 Å². The first-order valence-electron chi connectivity index (χ1n) is 8.08. The second-order valence-electron chi connectivity index (χ2n) is 5.99. The molecule has 0 saturated carbocycles. The van der Waals surface area contributed by atoms with Crippen molar-refractivity contribution in [3.05, 3.63) is 59.5 Å². The highest BCUT2D eigenvalue weighted by atomic mass is 16.5. The van der Waals surface area contributed by atoms with Crippen LogP contribution in [0.3, 0.4) is 0 Å². The molecule has 0 spiro atoms. The van der Waals surface area contributed by atoms with Gasteiger partial charge in [-0.2, -0.15) is 5.10 Å². The van der Waals surface area contributed by atoms with E-state index in [0.29, 0.717) is 6.61 Å². The maximum atomic E-state index is 12.5. The lowest BCUT2D eigenvalue weighted by atomic mass is 10.2. The first kappa shape index (κ1) is 17.4. The average Bonchev–Trinajstić information content (AvgIpc) is 3.04.